The van der Waals surface area contributed by atoms with E-state index in [1.165, 1.54) is 12.5 Å². The van der Waals surface area contributed by atoms with Gasteiger partial charge in [0.25, 0.3) is 5.91 Å². The smallest absolute Gasteiger partial charge is 0.267 e. The van der Waals surface area contributed by atoms with Gasteiger partial charge in [-0.05, 0) is 35.4 Å². The van der Waals surface area contributed by atoms with Crippen molar-refractivity contribution in [2.45, 2.75) is 6.54 Å². The van der Waals surface area contributed by atoms with Gasteiger partial charge < -0.3 is 9.73 Å². The number of hydroxylamine groups is 1. The van der Waals surface area contributed by atoms with Gasteiger partial charge in [0.2, 0.25) is 12.3 Å². The van der Waals surface area contributed by atoms with E-state index in [0.29, 0.717) is 12.4 Å². The Bertz CT molecular complexity index is 858. The molecule has 1 amide bonds. The summed E-state index contributed by atoms with van der Waals surface area (Å²) < 4.78 is 5.16. The van der Waals surface area contributed by atoms with Crippen molar-refractivity contribution in [3.8, 4) is 11.5 Å². The van der Waals surface area contributed by atoms with E-state index in [1.54, 1.807) is 11.6 Å². The summed E-state index contributed by atoms with van der Waals surface area (Å²) in [6.45, 7) is 0.612. The number of benzene rings is 2. The Balaban J connectivity index is 1.67. The fourth-order valence-electron chi connectivity index (χ4n) is 2.27. The van der Waals surface area contributed by atoms with Crippen molar-refractivity contribution >= 4 is 17.7 Å². The van der Waals surface area contributed by atoms with Crippen LogP contribution in [0.3, 0.4) is 0 Å². The van der Waals surface area contributed by atoms with E-state index in [9.17, 15) is 4.79 Å². The highest BCUT2D eigenvalue weighted by Crippen LogP contribution is 2.20. The molecule has 1 heterocycles. The maximum absolute atomic E-state index is 11.1. The molecule has 0 bridgehead atoms. The van der Waals surface area contributed by atoms with E-state index in [4.69, 9.17) is 9.62 Å². The second-order valence-electron chi connectivity index (χ2n) is 5.19. The van der Waals surface area contributed by atoms with E-state index < -0.39 is 5.91 Å². The van der Waals surface area contributed by atoms with Crippen LogP contribution in [-0.4, -0.2) is 21.3 Å². The first-order valence-corrected chi connectivity index (χ1v) is 7.57. The lowest BCUT2D eigenvalue weighted by atomic mass is 10.1. The van der Waals surface area contributed by atoms with Gasteiger partial charge in [-0.1, -0.05) is 30.3 Å². The second-order valence-corrected chi connectivity index (χ2v) is 5.19. The standard InChI is InChI=1S/C18H16N4O3/c23-17(22-24)10-9-14-3-1-2-4-16(14)19-11-13-5-7-15(8-6-13)18-21-20-12-25-18/h1-10,12,19,24H,11H2,(H,22,23). The quantitative estimate of drug-likeness (QED) is 0.363. The Hall–Kier alpha value is -3.45. The van der Waals surface area contributed by atoms with Crippen LogP contribution in [0.5, 0.6) is 0 Å². The molecule has 0 atom stereocenters. The number of anilines is 1. The molecule has 3 rings (SSSR count). The zero-order valence-corrected chi connectivity index (χ0v) is 13.2. The average molecular weight is 336 g/mol. The average Bonchev–Trinajstić information content (AvgIpc) is 3.20. The summed E-state index contributed by atoms with van der Waals surface area (Å²) in [4.78, 5) is 11.1. The predicted octanol–water partition coefficient (Wildman–Crippen LogP) is 2.87. The van der Waals surface area contributed by atoms with Gasteiger partial charge in [-0.25, -0.2) is 5.48 Å². The Kier molecular flexibility index (Phi) is 5.18. The highest BCUT2D eigenvalue weighted by atomic mass is 16.5. The first kappa shape index (κ1) is 16.4. The number of nitrogens with zero attached hydrogens (tertiary/aromatic N) is 2. The third-order valence-electron chi connectivity index (χ3n) is 3.53. The van der Waals surface area contributed by atoms with Crippen LogP contribution in [0.15, 0.2) is 65.4 Å². The Morgan fingerprint density at radius 1 is 1.16 bits per heavy atom. The predicted molar refractivity (Wildman–Crippen MR) is 92.5 cm³/mol. The monoisotopic (exact) mass is 336 g/mol. The third-order valence-corrected chi connectivity index (χ3v) is 3.53. The molecule has 0 aliphatic heterocycles. The van der Waals surface area contributed by atoms with Gasteiger partial charge in [0.05, 0.1) is 0 Å². The minimum Gasteiger partial charge on any atom is -0.423 e. The third kappa shape index (κ3) is 4.30. The number of carbonyl (C=O) groups excluding carboxylic acids is 1. The molecule has 0 saturated heterocycles. The zero-order chi connectivity index (χ0) is 17.5. The zero-order valence-electron chi connectivity index (χ0n) is 13.2. The van der Waals surface area contributed by atoms with Gasteiger partial charge in [0.1, 0.15) is 0 Å². The number of hydrogen-bond donors (Lipinski definition) is 3. The number of aromatic nitrogens is 2. The SMILES string of the molecule is O=C(C=Cc1ccccc1NCc1ccc(-c2nnco2)cc1)NO. The van der Waals surface area contributed by atoms with E-state index in [2.05, 4.69) is 15.5 Å². The van der Waals surface area contributed by atoms with Crippen LogP contribution in [0.1, 0.15) is 11.1 Å². The molecule has 25 heavy (non-hydrogen) atoms. The van der Waals surface area contributed by atoms with Crippen molar-refractivity contribution < 1.29 is 14.4 Å². The maximum atomic E-state index is 11.1. The van der Waals surface area contributed by atoms with Gasteiger partial charge in [-0.15, -0.1) is 10.2 Å². The number of carbonyl (C=O) groups is 1. The van der Waals surface area contributed by atoms with Crippen LogP contribution in [0.25, 0.3) is 17.5 Å². The number of rotatable bonds is 6. The van der Waals surface area contributed by atoms with Crippen molar-refractivity contribution in [2.75, 3.05) is 5.32 Å². The molecular formula is C18H16N4O3. The van der Waals surface area contributed by atoms with Gasteiger partial charge in [-0.2, -0.15) is 0 Å². The topological polar surface area (TPSA) is 100 Å². The molecule has 3 aromatic rings. The maximum Gasteiger partial charge on any atom is 0.267 e. The summed E-state index contributed by atoms with van der Waals surface area (Å²) in [6, 6.07) is 15.4. The molecule has 126 valence electrons. The van der Waals surface area contributed by atoms with Gasteiger partial charge in [0, 0.05) is 23.9 Å². The van der Waals surface area contributed by atoms with Crippen molar-refractivity contribution in [1.82, 2.24) is 15.7 Å². The lowest BCUT2D eigenvalue weighted by Gasteiger charge is -2.10. The number of amides is 1. The number of para-hydroxylation sites is 1. The lowest BCUT2D eigenvalue weighted by molar-refractivity contribution is -0.124. The molecule has 2 aromatic carbocycles. The minimum absolute atomic E-state index is 0.483. The molecule has 3 N–H and O–H groups in total. The summed E-state index contributed by atoms with van der Waals surface area (Å²) >= 11 is 0. The van der Waals surface area contributed by atoms with E-state index in [-0.39, 0.29) is 0 Å². The molecular weight excluding hydrogens is 320 g/mol. The van der Waals surface area contributed by atoms with Crippen molar-refractivity contribution in [2.24, 2.45) is 0 Å². The largest absolute Gasteiger partial charge is 0.423 e. The molecule has 0 aliphatic rings. The first-order chi connectivity index (χ1) is 12.3. The van der Waals surface area contributed by atoms with Crippen LogP contribution in [0.4, 0.5) is 5.69 Å². The Morgan fingerprint density at radius 3 is 2.68 bits per heavy atom. The van der Waals surface area contributed by atoms with Crippen LogP contribution in [0, 0.1) is 0 Å². The minimum atomic E-state index is -0.577. The number of hydrogen-bond acceptors (Lipinski definition) is 6. The summed E-state index contributed by atoms with van der Waals surface area (Å²) in [5.41, 5.74) is 5.23. The summed E-state index contributed by atoms with van der Waals surface area (Å²) in [7, 11) is 0. The van der Waals surface area contributed by atoms with Crippen LogP contribution in [0.2, 0.25) is 0 Å². The van der Waals surface area contributed by atoms with E-state index >= 15 is 0 Å². The Morgan fingerprint density at radius 2 is 1.96 bits per heavy atom. The molecule has 0 spiro atoms. The van der Waals surface area contributed by atoms with E-state index in [0.717, 1.165) is 22.4 Å². The Labute approximate surface area is 144 Å². The summed E-state index contributed by atoms with van der Waals surface area (Å²) in [5.74, 6) is -0.0939. The normalized spacial score (nSPS) is 10.8. The van der Waals surface area contributed by atoms with Crippen molar-refractivity contribution in [1.29, 1.82) is 0 Å². The van der Waals surface area contributed by atoms with Gasteiger partial charge in [-0.3, -0.25) is 10.0 Å². The fourth-order valence-corrected chi connectivity index (χ4v) is 2.27. The van der Waals surface area contributed by atoms with Crippen LogP contribution in [-0.2, 0) is 11.3 Å². The van der Waals surface area contributed by atoms with Crippen molar-refractivity contribution in [3.05, 3.63) is 72.1 Å². The molecule has 0 radical (unpaired) electrons. The molecule has 7 heteroatoms. The molecule has 1 aromatic heterocycles. The first-order valence-electron chi connectivity index (χ1n) is 7.57. The van der Waals surface area contributed by atoms with Crippen molar-refractivity contribution in [3.63, 3.8) is 0 Å². The lowest BCUT2D eigenvalue weighted by Crippen LogP contribution is -2.14. The molecule has 0 unspecified atom stereocenters. The second kappa shape index (κ2) is 7.89. The summed E-state index contributed by atoms with van der Waals surface area (Å²) in [6.07, 6.45) is 4.19. The number of nitrogens with one attached hydrogen (secondary N) is 2. The summed E-state index contributed by atoms with van der Waals surface area (Å²) in [5, 5.41) is 19.4. The highest BCUT2D eigenvalue weighted by molar-refractivity contribution is 5.91. The van der Waals surface area contributed by atoms with Gasteiger partial charge in [0.15, 0.2) is 0 Å². The molecule has 0 aliphatic carbocycles. The molecule has 7 nitrogen and oxygen atoms in total. The van der Waals surface area contributed by atoms with Crippen LogP contribution >= 0.6 is 0 Å². The molecule has 0 fully saturated rings. The highest BCUT2D eigenvalue weighted by Gasteiger charge is 2.04. The van der Waals surface area contributed by atoms with E-state index in [1.807, 2.05) is 48.5 Å². The fraction of sp³-hybridized carbons (Fsp3) is 0.0556. The molecule has 0 saturated carbocycles. The van der Waals surface area contributed by atoms with Crippen LogP contribution < -0.4 is 10.8 Å². The van der Waals surface area contributed by atoms with Gasteiger partial charge >= 0.3 is 0 Å².